The first kappa shape index (κ1) is 57.8. The molecular weight excluding hydrogens is 756 g/mol. The largest absolute Gasteiger partial charge is 0.469 e. The standard InChI is InChI=1S/C55H95O4P/c1-45(2)23-13-24-46(3)25-14-26-47(4)27-15-28-48(5)29-16-30-49(6)31-17-32-50(7)33-18-34-51(8)35-19-36-52(9)37-20-38-53(10)39-21-40-54(11)41-22-42-55(12)43-44-59-60(56,57)58/h25,27,29,31,33,35,37,39,41,45,55H,13-24,26,28,30,32,34,36,38,40,42-44H2,1-12H3,(H2,56,57,58)/b46-25-,47-27-,48-29+,49-31+,50-33+,51-35+,52-37+,53-39+,54-41+. The zero-order chi connectivity index (χ0) is 45.2. The minimum atomic E-state index is -4.35. The summed E-state index contributed by atoms with van der Waals surface area (Å²) in [5.74, 6) is 1.19. The highest BCUT2D eigenvalue weighted by Crippen LogP contribution is 2.36. The van der Waals surface area contributed by atoms with Gasteiger partial charge in [-0.15, -0.1) is 0 Å². The lowest BCUT2D eigenvalue weighted by Gasteiger charge is -2.11. The molecule has 344 valence electrons. The Kier molecular flexibility index (Phi) is 34.9. The van der Waals surface area contributed by atoms with Crippen molar-refractivity contribution < 1.29 is 18.9 Å². The summed E-state index contributed by atoms with van der Waals surface area (Å²) in [6, 6.07) is 0. The van der Waals surface area contributed by atoms with Gasteiger partial charge in [-0.3, -0.25) is 4.52 Å². The molecule has 4 nitrogen and oxygen atoms in total. The molecule has 0 fully saturated rings. The van der Waals surface area contributed by atoms with E-state index in [4.69, 9.17) is 9.79 Å². The zero-order valence-corrected chi connectivity index (χ0v) is 42.2. The van der Waals surface area contributed by atoms with Crippen LogP contribution >= 0.6 is 7.82 Å². The zero-order valence-electron chi connectivity index (χ0n) is 41.3. The van der Waals surface area contributed by atoms with E-state index >= 15 is 0 Å². The molecule has 1 atom stereocenters. The smallest absolute Gasteiger partial charge is 0.303 e. The number of allylic oxidation sites excluding steroid dienone is 18. The van der Waals surface area contributed by atoms with Crippen molar-refractivity contribution in [3.8, 4) is 0 Å². The molecule has 0 saturated carbocycles. The molecule has 2 N–H and O–H groups in total. The molecule has 0 aliphatic heterocycles. The fraction of sp³-hybridized carbons (Fsp3) is 0.673. The average molecular weight is 851 g/mol. The van der Waals surface area contributed by atoms with Crippen LogP contribution in [-0.2, 0) is 9.09 Å². The van der Waals surface area contributed by atoms with Gasteiger partial charge in [-0.05, 0) is 209 Å². The summed E-state index contributed by atoms with van der Waals surface area (Å²) in [7, 11) is -4.35. The van der Waals surface area contributed by atoms with Crippen LogP contribution < -0.4 is 0 Å². The van der Waals surface area contributed by atoms with Crippen LogP contribution in [0.15, 0.2) is 105 Å². The van der Waals surface area contributed by atoms with E-state index in [1.54, 1.807) is 5.57 Å². The normalized spacial score (nSPS) is 15.5. The molecule has 0 spiro atoms. The van der Waals surface area contributed by atoms with Gasteiger partial charge in [0, 0.05) is 0 Å². The maximum atomic E-state index is 10.8. The van der Waals surface area contributed by atoms with E-state index in [0.29, 0.717) is 12.3 Å². The summed E-state index contributed by atoms with van der Waals surface area (Å²) in [6.45, 7) is 27.4. The Morgan fingerprint density at radius 2 is 0.650 bits per heavy atom. The van der Waals surface area contributed by atoms with Gasteiger partial charge in [-0.25, -0.2) is 4.57 Å². The van der Waals surface area contributed by atoms with Crippen molar-refractivity contribution >= 4 is 7.82 Å². The molecule has 0 rings (SSSR count). The Balaban J connectivity index is 4.24. The predicted molar refractivity (Wildman–Crippen MR) is 267 cm³/mol. The number of hydrogen-bond donors (Lipinski definition) is 2. The Labute approximate surface area is 372 Å². The van der Waals surface area contributed by atoms with Crippen molar-refractivity contribution in [3.05, 3.63) is 105 Å². The summed E-state index contributed by atoms with van der Waals surface area (Å²) in [5.41, 5.74) is 13.5. The first-order valence-corrected chi connectivity index (χ1v) is 25.5. The van der Waals surface area contributed by atoms with Crippen LogP contribution in [0.4, 0.5) is 0 Å². The molecular formula is C55H95O4P. The van der Waals surface area contributed by atoms with Crippen LogP contribution in [0.1, 0.15) is 224 Å². The number of hydrogen-bond acceptors (Lipinski definition) is 2. The Morgan fingerprint density at radius 1 is 0.400 bits per heavy atom. The van der Waals surface area contributed by atoms with Crippen molar-refractivity contribution in [2.24, 2.45) is 11.8 Å². The monoisotopic (exact) mass is 851 g/mol. The minimum absolute atomic E-state index is 0.108. The molecule has 1 unspecified atom stereocenters. The molecule has 5 heteroatoms. The lowest BCUT2D eigenvalue weighted by molar-refractivity contribution is 0.185. The van der Waals surface area contributed by atoms with Crippen LogP contribution in [0.25, 0.3) is 0 Å². The van der Waals surface area contributed by atoms with Crippen molar-refractivity contribution in [2.45, 2.75) is 224 Å². The van der Waals surface area contributed by atoms with Crippen LogP contribution in [-0.4, -0.2) is 16.4 Å². The molecule has 0 aromatic heterocycles. The molecule has 60 heavy (non-hydrogen) atoms. The van der Waals surface area contributed by atoms with E-state index in [2.05, 4.69) is 142 Å². The quantitative estimate of drug-likeness (QED) is 0.0492. The maximum absolute atomic E-state index is 10.8. The summed E-state index contributed by atoms with van der Waals surface area (Å²) in [4.78, 5) is 17.6. The van der Waals surface area contributed by atoms with Crippen LogP contribution in [0.2, 0.25) is 0 Å². The third-order valence-electron chi connectivity index (χ3n) is 11.6. The Bertz CT molecular complexity index is 1490. The van der Waals surface area contributed by atoms with E-state index < -0.39 is 7.82 Å². The fourth-order valence-electron chi connectivity index (χ4n) is 7.21. The predicted octanol–water partition coefficient (Wildman–Crippen LogP) is 18.5. The van der Waals surface area contributed by atoms with E-state index in [0.717, 1.165) is 95.8 Å². The SMILES string of the molecule is C/C(=C/CC/C(C)=C/CC/C(C)=C/CC/C(C)=C/CC/C(C)=C/CC/C(C)=C/CC/C(C)=C/CC/C(C)=C/CCC(C)CCOP(=O)(O)O)CC/C=C(/C)CCCC(C)C. The summed E-state index contributed by atoms with van der Waals surface area (Å²) in [6.07, 6.45) is 46.7. The molecule has 0 saturated heterocycles. The third-order valence-corrected chi connectivity index (χ3v) is 12.1. The van der Waals surface area contributed by atoms with Crippen molar-refractivity contribution in [1.82, 2.24) is 0 Å². The minimum Gasteiger partial charge on any atom is -0.303 e. The number of rotatable bonds is 35. The second-order valence-corrected chi connectivity index (χ2v) is 20.1. The van der Waals surface area contributed by atoms with Gasteiger partial charge in [0.05, 0.1) is 6.61 Å². The molecule has 0 amide bonds. The molecule has 0 aliphatic carbocycles. The molecule has 0 heterocycles. The van der Waals surface area contributed by atoms with Crippen molar-refractivity contribution in [1.29, 1.82) is 0 Å². The Hall–Kier alpha value is -2.23. The molecule has 0 aromatic carbocycles. The van der Waals surface area contributed by atoms with E-state index in [-0.39, 0.29) is 6.61 Å². The van der Waals surface area contributed by atoms with E-state index in [1.807, 2.05) is 0 Å². The second kappa shape index (κ2) is 36.3. The fourth-order valence-corrected chi connectivity index (χ4v) is 7.55. The van der Waals surface area contributed by atoms with E-state index in [1.165, 1.54) is 89.5 Å². The topological polar surface area (TPSA) is 66.8 Å². The second-order valence-electron chi connectivity index (χ2n) is 18.8. The molecule has 0 aliphatic rings. The van der Waals surface area contributed by atoms with Gasteiger partial charge in [-0.1, -0.05) is 132 Å². The van der Waals surface area contributed by atoms with E-state index in [9.17, 15) is 4.57 Å². The third kappa shape index (κ3) is 39.9. The van der Waals surface area contributed by atoms with Crippen LogP contribution in [0.5, 0.6) is 0 Å². The van der Waals surface area contributed by atoms with Crippen molar-refractivity contribution in [2.75, 3.05) is 6.61 Å². The number of phosphoric acid groups is 1. The van der Waals surface area contributed by atoms with Gasteiger partial charge in [0.25, 0.3) is 0 Å². The summed E-state index contributed by atoms with van der Waals surface area (Å²) < 4.78 is 15.4. The first-order chi connectivity index (χ1) is 28.4. The summed E-state index contributed by atoms with van der Waals surface area (Å²) in [5, 5.41) is 0. The highest BCUT2D eigenvalue weighted by Gasteiger charge is 2.14. The lowest BCUT2D eigenvalue weighted by atomic mass is 10.0. The first-order valence-electron chi connectivity index (χ1n) is 24.0. The van der Waals surface area contributed by atoms with Crippen LogP contribution in [0, 0.1) is 11.8 Å². The van der Waals surface area contributed by atoms with Gasteiger partial charge < -0.3 is 9.79 Å². The highest BCUT2D eigenvalue weighted by molar-refractivity contribution is 7.46. The highest BCUT2D eigenvalue weighted by atomic mass is 31.2. The maximum Gasteiger partial charge on any atom is 0.469 e. The number of phosphoric ester groups is 1. The molecule has 0 radical (unpaired) electrons. The van der Waals surface area contributed by atoms with Gasteiger partial charge in [0.15, 0.2) is 0 Å². The van der Waals surface area contributed by atoms with Crippen LogP contribution in [0.3, 0.4) is 0 Å². The summed E-state index contributed by atoms with van der Waals surface area (Å²) >= 11 is 0. The average Bonchev–Trinajstić information content (AvgIpc) is 3.14. The van der Waals surface area contributed by atoms with Gasteiger partial charge in [-0.2, -0.15) is 0 Å². The van der Waals surface area contributed by atoms with Gasteiger partial charge >= 0.3 is 7.82 Å². The lowest BCUT2D eigenvalue weighted by Crippen LogP contribution is -2.00. The Morgan fingerprint density at radius 3 is 0.900 bits per heavy atom. The molecule has 0 aromatic rings. The van der Waals surface area contributed by atoms with Crippen molar-refractivity contribution in [3.63, 3.8) is 0 Å². The van der Waals surface area contributed by atoms with Gasteiger partial charge in [0.1, 0.15) is 0 Å². The van der Waals surface area contributed by atoms with Gasteiger partial charge in [0.2, 0.25) is 0 Å². The molecule has 0 bridgehead atoms.